The maximum Gasteiger partial charge on any atom is 0.244 e. The van der Waals surface area contributed by atoms with E-state index in [4.69, 9.17) is 105 Å². The first-order valence-electron chi connectivity index (χ1n) is 45.4. The van der Waals surface area contributed by atoms with E-state index in [1.165, 1.54) is 29.5 Å². The minimum Gasteiger partial charge on any atom is -0.495 e. The average Bonchev–Trinajstić information content (AvgIpc) is 1.65. The Morgan fingerprint density at radius 1 is 0.329 bits per heavy atom. The summed E-state index contributed by atoms with van der Waals surface area (Å²) in [6.45, 7) is 16.2. The van der Waals surface area contributed by atoms with Crippen LogP contribution in [0, 0.1) is 10.5 Å². The summed E-state index contributed by atoms with van der Waals surface area (Å²) in [4.78, 5) is 110. The summed E-state index contributed by atoms with van der Waals surface area (Å²) in [7, 11) is 4.57. The van der Waals surface area contributed by atoms with E-state index < -0.39 is 9.84 Å². The van der Waals surface area contributed by atoms with Crippen molar-refractivity contribution < 1.29 is 56.1 Å². The van der Waals surface area contributed by atoms with E-state index in [2.05, 4.69) is 102 Å². The minimum absolute atomic E-state index is 0.00150. The number of piperazine rings is 5. The molecule has 5 aliphatic heterocycles. The number of aryl methyl sites for hydroxylation is 1. The summed E-state index contributed by atoms with van der Waals surface area (Å²) in [5.41, 5.74) is 9.14. The lowest BCUT2D eigenvalue weighted by Crippen LogP contribution is -2.49. The predicted octanol–water partition coefficient (Wildman–Crippen LogP) is 13.2. The Balaban J connectivity index is 0.000000128. The molecule has 0 N–H and O–H groups in total. The molecule has 5 aliphatic rings. The smallest absolute Gasteiger partial charge is 0.244 e. The Bertz CT molecular complexity index is 6980. The van der Waals surface area contributed by atoms with Gasteiger partial charge in [0.2, 0.25) is 29.5 Å². The highest BCUT2D eigenvalue weighted by Crippen LogP contribution is 2.37. The fourth-order valence-corrected chi connectivity index (χ4v) is 19.8. The number of ether oxygens (including phenoxy) is 5. The molecule has 10 aromatic heterocycles. The quantitative estimate of drug-likeness (QED) is 0.0476. The molecule has 748 valence electrons. The number of hydrogen-bond donors (Lipinski definition) is 0. The van der Waals surface area contributed by atoms with Gasteiger partial charge >= 0.3 is 0 Å². The first-order chi connectivity index (χ1) is 69.0. The SMILES string of the molecule is COc1cc(N2CCN(C(=O)Cn3ncc4c(Cl)ncnc43)CC2)ccc1Cl.COc1cc(N2CCN(C(=O)Cn3ncc4c(I)ccnc43)CC2)ccc1Cl.COc1cc(N2CCN(C(=O)Cn3ncc4c(S(C)(=O)=O)ccnc43)CC2)ccc1Cl.COc1cc(N2CCN(C(=O)Cn3ncc4cc(Cl)cnc43)CC2)ccc1Cl.COc1cc(N2CCN(C(=O)Cn3ncc4ccc(C)nc43)CC2)ccc1Cl. The van der Waals surface area contributed by atoms with E-state index in [0.29, 0.717) is 170 Å². The van der Waals surface area contributed by atoms with E-state index in [1.54, 1.807) is 108 Å². The first kappa shape index (κ1) is 103. The number of fused-ring (bicyclic) bond motifs is 5. The van der Waals surface area contributed by atoms with Crippen LogP contribution >= 0.6 is 104 Å². The van der Waals surface area contributed by atoms with Gasteiger partial charge in [-0.1, -0.05) is 81.2 Å². The van der Waals surface area contributed by atoms with Gasteiger partial charge in [-0.05, 0) is 121 Å². The van der Waals surface area contributed by atoms with Crippen LogP contribution in [0.25, 0.3) is 55.2 Å². The third-order valence-corrected chi connectivity index (χ3v) is 29.1. The monoisotopic (exact) mass is 2210 g/mol. The van der Waals surface area contributed by atoms with E-state index in [-0.39, 0.29) is 67.2 Å². The summed E-state index contributed by atoms with van der Waals surface area (Å²) < 4.78 is 59.5. The molecule has 20 rings (SSSR count). The van der Waals surface area contributed by atoms with Gasteiger partial charge in [-0.3, -0.25) is 24.0 Å². The summed E-state index contributed by atoms with van der Waals surface area (Å²) in [5, 5.41) is 28.9. The van der Waals surface area contributed by atoms with Gasteiger partial charge < -0.3 is 72.7 Å². The molecular weight excluding hydrogens is 2120 g/mol. The number of methoxy groups -OCH3 is 5. The molecule has 0 spiro atoms. The molecule has 38 nitrogen and oxygen atoms in total. The maximum atomic E-state index is 12.8. The van der Waals surface area contributed by atoms with Crippen LogP contribution in [-0.4, -0.2) is 314 Å². The molecule has 5 amide bonds. The molecule has 5 saturated heterocycles. The predicted molar refractivity (Wildman–Crippen MR) is 560 cm³/mol. The second kappa shape index (κ2) is 46.7. The van der Waals surface area contributed by atoms with Crippen molar-refractivity contribution in [2.45, 2.75) is 44.5 Å². The van der Waals surface area contributed by atoms with Gasteiger partial charge in [0, 0.05) is 235 Å². The van der Waals surface area contributed by atoms with E-state index >= 15 is 0 Å². The number of carbonyl (C=O) groups excluding carboxylic acids is 5. The van der Waals surface area contributed by atoms with E-state index in [9.17, 15) is 32.4 Å². The Hall–Kier alpha value is -12.8. The van der Waals surface area contributed by atoms with Crippen LogP contribution in [0.4, 0.5) is 28.4 Å². The lowest BCUT2D eigenvalue weighted by atomic mass is 10.2. The van der Waals surface area contributed by atoms with Gasteiger partial charge in [0.05, 0.1) is 118 Å². The van der Waals surface area contributed by atoms with E-state index in [1.807, 2.05) is 130 Å². The zero-order valence-electron chi connectivity index (χ0n) is 78.9. The number of sulfone groups is 1. The molecule has 0 aliphatic carbocycles. The fraction of sp³-hybridized carbons (Fsp3) is 0.333. The number of rotatable bonds is 21. The van der Waals surface area contributed by atoms with E-state index in [0.717, 1.165) is 124 Å². The molecule has 0 radical (unpaired) electrons. The number of amides is 5. The van der Waals surface area contributed by atoms with Crippen molar-refractivity contribution in [3.63, 3.8) is 0 Å². The molecule has 0 atom stereocenters. The van der Waals surface area contributed by atoms with Crippen molar-refractivity contribution in [1.82, 2.24) is 103 Å². The molecule has 5 aromatic carbocycles. The van der Waals surface area contributed by atoms with Gasteiger partial charge in [0.15, 0.2) is 38.1 Å². The largest absolute Gasteiger partial charge is 0.495 e. The van der Waals surface area contributed by atoms with Crippen LogP contribution in [0.15, 0.2) is 182 Å². The molecule has 0 bridgehead atoms. The van der Waals surface area contributed by atoms with Crippen molar-refractivity contribution in [2.75, 3.05) is 197 Å². The third kappa shape index (κ3) is 24.6. The molecule has 143 heavy (non-hydrogen) atoms. The van der Waals surface area contributed by atoms with Gasteiger partial charge in [0.25, 0.3) is 0 Å². The number of aromatic nitrogens is 16. The average molecular weight is 2220 g/mol. The Labute approximate surface area is 871 Å². The van der Waals surface area contributed by atoms with Crippen molar-refractivity contribution in [3.05, 3.63) is 222 Å². The van der Waals surface area contributed by atoms with Crippen LogP contribution in [0.5, 0.6) is 28.7 Å². The summed E-state index contributed by atoms with van der Waals surface area (Å²) >= 11 is 44.8. The van der Waals surface area contributed by atoms with Crippen LogP contribution in [0.2, 0.25) is 35.3 Å². The van der Waals surface area contributed by atoms with Crippen LogP contribution in [0.3, 0.4) is 0 Å². The van der Waals surface area contributed by atoms with Crippen molar-refractivity contribution in [1.29, 1.82) is 0 Å². The number of anilines is 5. The van der Waals surface area contributed by atoms with Crippen LogP contribution in [-0.2, 0) is 66.5 Å². The Morgan fingerprint density at radius 2 is 0.636 bits per heavy atom. The zero-order chi connectivity index (χ0) is 101. The highest BCUT2D eigenvalue weighted by atomic mass is 127. The number of benzene rings is 5. The van der Waals surface area contributed by atoms with Crippen LogP contribution < -0.4 is 48.2 Å². The zero-order valence-corrected chi connectivity index (χ0v) is 87.1. The lowest BCUT2D eigenvalue weighted by molar-refractivity contribution is -0.133. The number of carbonyl (C=O) groups is 5. The normalized spacial score (nSPS) is 14.6. The third-order valence-electron chi connectivity index (χ3n) is 24.9. The van der Waals surface area contributed by atoms with Gasteiger partial charge in [-0.25, -0.2) is 61.7 Å². The van der Waals surface area contributed by atoms with Crippen LogP contribution in [0.1, 0.15) is 5.69 Å². The second-order valence-electron chi connectivity index (χ2n) is 33.6. The molecule has 5 fully saturated rings. The summed E-state index contributed by atoms with van der Waals surface area (Å²) in [5.74, 6) is 3.26. The second-order valence-corrected chi connectivity index (χ2v) is 39.6. The summed E-state index contributed by atoms with van der Waals surface area (Å²) in [6, 6.07) is 37.6. The van der Waals surface area contributed by atoms with Crippen molar-refractivity contribution in [3.8, 4) is 28.7 Å². The Kier molecular flexibility index (Phi) is 33.7. The standard InChI is InChI=1S/C20H22ClN5O4S.C20H22ClN5O2.C19H19Cl2N5O2.C19H19ClIN5O2.C18H18Cl2N6O2/c1-30-17-11-14(3-4-16(17)21)24-7-9-25(10-8-24)19(27)13-26-20-15(12-23-26)18(5-6-22-20)31(2,28)29;1-14-3-4-15-12-22-26(20(15)23-14)13-19(27)25-9-7-24(8-10-25)16-5-6-17(21)18(11-16)28-2;1-28-17-9-15(2-3-16(17)21)24-4-6-25(7-5-24)18(27)12-26-19-13(10-23-26)8-14(20)11-22-19;1-28-17-10-13(2-3-15(17)20)24-6-8-25(9-7-24)18(27)12-26-19-14(11-23-26)16(21)4-5-22-19;1-28-15-8-12(2-3-14(15)19)24-4-6-25(7-5-24)16(27)10-26-18-13(9-23-26)17(20)21-11-22-18/h3-6,11-12H,7-10,13H2,1-2H3;3-6,11-12H,7-10,13H2,1-2H3;2-3,8-11H,4-7,12H2,1H3;2-5,10-11H,6-9,12H2,1H3;2-3,8-9,11H,4-7,10H2,1H3. The van der Waals surface area contributed by atoms with Gasteiger partial charge in [0.1, 0.15) is 73.0 Å². The summed E-state index contributed by atoms with van der Waals surface area (Å²) in [6.07, 6.45) is 15.4. The number of nitrogens with zero attached hydrogens (tertiary/aromatic N) is 26. The molecule has 0 unspecified atom stereocenters. The number of hydrogen-bond acceptors (Lipinski definition) is 28. The highest BCUT2D eigenvalue weighted by molar-refractivity contribution is 14.1. The highest BCUT2D eigenvalue weighted by Gasteiger charge is 2.31. The number of halogens is 8. The fourth-order valence-electron chi connectivity index (χ4n) is 17.1. The molecule has 15 heterocycles. The van der Waals surface area contributed by atoms with Gasteiger partial charge in [-0.15, -0.1) is 0 Å². The number of pyridine rings is 4. The topological polar surface area (TPSA) is 364 Å². The minimum atomic E-state index is -3.42. The Morgan fingerprint density at radius 3 is 0.993 bits per heavy atom. The molecule has 15 aromatic rings. The molecule has 47 heteroatoms. The van der Waals surface area contributed by atoms with Crippen molar-refractivity contribution in [2.24, 2.45) is 0 Å². The lowest BCUT2D eigenvalue weighted by Gasteiger charge is -2.36. The van der Waals surface area contributed by atoms with Gasteiger partial charge in [-0.2, -0.15) is 25.5 Å². The molecule has 0 saturated carbocycles. The maximum absolute atomic E-state index is 12.8. The van der Waals surface area contributed by atoms with Crippen molar-refractivity contribution >= 4 is 227 Å². The first-order valence-corrected chi connectivity index (χ1v) is 51.0. The molecular formula is C96H100Cl7IN26O12S.